The number of nitrogens with zero attached hydrogens (tertiary/aromatic N) is 1. The first-order chi connectivity index (χ1) is 11.6. The van der Waals surface area contributed by atoms with Crippen molar-refractivity contribution in [3.8, 4) is 17.4 Å². The van der Waals surface area contributed by atoms with Crippen molar-refractivity contribution in [3.63, 3.8) is 0 Å². The van der Waals surface area contributed by atoms with E-state index < -0.39 is 11.8 Å². The van der Waals surface area contributed by atoms with Crippen LogP contribution in [-0.2, 0) is 0 Å². The fourth-order valence-corrected chi connectivity index (χ4v) is 2.43. The van der Waals surface area contributed by atoms with E-state index in [1.807, 2.05) is 6.07 Å². The molecule has 0 fully saturated rings. The first-order valence-electron chi connectivity index (χ1n) is 6.98. The van der Waals surface area contributed by atoms with Crippen LogP contribution in [0.5, 0.6) is 17.4 Å². The molecule has 0 bridgehead atoms. The van der Waals surface area contributed by atoms with E-state index in [2.05, 4.69) is 20.9 Å². The van der Waals surface area contributed by atoms with E-state index in [0.29, 0.717) is 21.9 Å². The Labute approximate surface area is 146 Å². The standard InChI is InChI=1S/C18H11BrFNO3/c19-16-11-12(20)4-9-15(16)18(22)24-14-7-5-13(6-8-14)23-17-3-1-2-10-21-17/h1-11H. The van der Waals surface area contributed by atoms with E-state index in [4.69, 9.17) is 9.47 Å². The van der Waals surface area contributed by atoms with Crippen LogP contribution < -0.4 is 9.47 Å². The summed E-state index contributed by atoms with van der Waals surface area (Å²) < 4.78 is 24.2. The van der Waals surface area contributed by atoms with Crippen LogP contribution >= 0.6 is 15.9 Å². The molecule has 0 aliphatic carbocycles. The summed E-state index contributed by atoms with van der Waals surface area (Å²) in [5.41, 5.74) is 0.241. The van der Waals surface area contributed by atoms with Crippen LogP contribution in [0, 0.1) is 5.82 Å². The van der Waals surface area contributed by atoms with E-state index in [1.54, 1.807) is 42.6 Å². The van der Waals surface area contributed by atoms with Crippen molar-refractivity contribution < 1.29 is 18.7 Å². The third kappa shape index (κ3) is 3.97. The molecule has 0 saturated carbocycles. The second-order valence-corrected chi connectivity index (χ2v) is 5.61. The molecule has 1 aromatic heterocycles. The molecule has 1 heterocycles. The second-order valence-electron chi connectivity index (χ2n) is 4.76. The van der Waals surface area contributed by atoms with Gasteiger partial charge in [0.05, 0.1) is 5.56 Å². The van der Waals surface area contributed by atoms with Crippen molar-refractivity contribution in [2.24, 2.45) is 0 Å². The fraction of sp³-hybridized carbons (Fsp3) is 0. The van der Waals surface area contributed by atoms with Crippen molar-refractivity contribution in [1.82, 2.24) is 4.98 Å². The number of halogens is 2. The maximum Gasteiger partial charge on any atom is 0.344 e. The van der Waals surface area contributed by atoms with E-state index in [0.717, 1.165) is 0 Å². The van der Waals surface area contributed by atoms with Gasteiger partial charge in [-0.2, -0.15) is 0 Å². The zero-order chi connectivity index (χ0) is 16.9. The molecule has 120 valence electrons. The number of carbonyl (C=O) groups excluding carboxylic acids is 1. The molecule has 0 N–H and O–H groups in total. The van der Waals surface area contributed by atoms with Crippen LogP contribution in [0.25, 0.3) is 0 Å². The summed E-state index contributed by atoms with van der Waals surface area (Å²) in [6.07, 6.45) is 1.63. The lowest BCUT2D eigenvalue weighted by Gasteiger charge is -2.08. The third-order valence-corrected chi connectivity index (χ3v) is 3.70. The van der Waals surface area contributed by atoms with Crippen molar-refractivity contribution in [1.29, 1.82) is 0 Å². The largest absolute Gasteiger partial charge is 0.439 e. The molecule has 6 heteroatoms. The third-order valence-electron chi connectivity index (χ3n) is 3.05. The number of benzene rings is 2. The molecule has 0 unspecified atom stereocenters. The molecular weight excluding hydrogens is 377 g/mol. The van der Waals surface area contributed by atoms with Crippen molar-refractivity contribution in [3.05, 3.63) is 82.7 Å². The molecule has 3 aromatic rings. The molecule has 0 aliphatic heterocycles. The van der Waals surface area contributed by atoms with Gasteiger partial charge in [-0.25, -0.2) is 14.2 Å². The SMILES string of the molecule is O=C(Oc1ccc(Oc2ccccn2)cc1)c1ccc(F)cc1Br. The highest BCUT2D eigenvalue weighted by atomic mass is 79.9. The van der Waals surface area contributed by atoms with Gasteiger partial charge in [0.2, 0.25) is 5.88 Å². The minimum absolute atomic E-state index is 0.241. The molecular formula is C18H11BrFNO3. The van der Waals surface area contributed by atoms with Gasteiger partial charge in [-0.05, 0) is 64.5 Å². The summed E-state index contributed by atoms with van der Waals surface area (Å²) in [5.74, 6) is 0.369. The monoisotopic (exact) mass is 387 g/mol. The number of ether oxygens (including phenoxy) is 2. The Kier molecular flexibility index (Phi) is 4.86. The Morgan fingerprint density at radius 2 is 1.75 bits per heavy atom. The Morgan fingerprint density at radius 1 is 1.00 bits per heavy atom. The lowest BCUT2D eigenvalue weighted by Crippen LogP contribution is -2.09. The maximum absolute atomic E-state index is 13.1. The number of hydrogen-bond donors (Lipinski definition) is 0. The Bertz CT molecular complexity index is 854. The van der Waals surface area contributed by atoms with Gasteiger partial charge in [-0.3, -0.25) is 0 Å². The Morgan fingerprint density at radius 3 is 2.42 bits per heavy atom. The molecule has 0 radical (unpaired) electrons. The Balaban J connectivity index is 1.68. The lowest BCUT2D eigenvalue weighted by molar-refractivity contribution is 0.0733. The van der Waals surface area contributed by atoms with E-state index >= 15 is 0 Å². The number of pyridine rings is 1. The van der Waals surface area contributed by atoms with Crippen LogP contribution in [0.2, 0.25) is 0 Å². The van der Waals surface area contributed by atoms with Gasteiger partial charge in [0.25, 0.3) is 0 Å². The smallest absolute Gasteiger partial charge is 0.344 e. The predicted octanol–water partition coefficient (Wildman–Crippen LogP) is 4.99. The highest BCUT2D eigenvalue weighted by Crippen LogP contribution is 2.24. The van der Waals surface area contributed by atoms with Gasteiger partial charge in [-0.1, -0.05) is 6.07 Å². The summed E-state index contributed by atoms with van der Waals surface area (Å²) in [7, 11) is 0. The average Bonchev–Trinajstić information content (AvgIpc) is 2.57. The van der Waals surface area contributed by atoms with Crippen molar-refractivity contribution in [2.45, 2.75) is 0 Å². The van der Waals surface area contributed by atoms with Gasteiger partial charge in [0.1, 0.15) is 17.3 Å². The number of rotatable bonds is 4. The van der Waals surface area contributed by atoms with Crippen LogP contribution in [-0.4, -0.2) is 11.0 Å². The number of aromatic nitrogens is 1. The first-order valence-corrected chi connectivity index (χ1v) is 7.77. The zero-order valence-corrected chi connectivity index (χ0v) is 13.9. The molecule has 0 atom stereocenters. The molecule has 0 amide bonds. The number of carbonyl (C=O) groups is 1. The molecule has 0 saturated heterocycles. The van der Waals surface area contributed by atoms with Crippen LogP contribution in [0.4, 0.5) is 4.39 Å². The number of esters is 1. The minimum atomic E-state index is -0.583. The van der Waals surface area contributed by atoms with Gasteiger partial charge >= 0.3 is 5.97 Å². The van der Waals surface area contributed by atoms with Gasteiger partial charge < -0.3 is 9.47 Å². The maximum atomic E-state index is 13.1. The summed E-state index contributed by atoms with van der Waals surface area (Å²) >= 11 is 3.14. The highest BCUT2D eigenvalue weighted by molar-refractivity contribution is 9.10. The van der Waals surface area contributed by atoms with Gasteiger partial charge in [0.15, 0.2) is 0 Å². The number of hydrogen-bond acceptors (Lipinski definition) is 4. The van der Waals surface area contributed by atoms with Crippen LogP contribution in [0.3, 0.4) is 0 Å². The zero-order valence-electron chi connectivity index (χ0n) is 12.3. The van der Waals surface area contributed by atoms with Crippen LogP contribution in [0.15, 0.2) is 71.3 Å². The van der Waals surface area contributed by atoms with Crippen LogP contribution in [0.1, 0.15) is 10.4 Å². The molecule has 24 heavy (non-hydrogen) atoms. The molecule has 0 spiro atoms. The second kappa shape index (κ2) is 7.23. The molecule has 3 rings (SSSR count). The summed E-state index contributed by atoms with van der Waals surface area (Å²) in [6.45, 7) is 0. The Hall–Kier alpha value is -2.73. The molecule has 0 aliphatic rings. The lowest BCUT2D eigenvalue weighted by atomic mass is 10.2. The van der Waals surface area contributed by atoms with E-state index in [9.17, 15) is 9.18 Å². The van der Waals surface area contributed by atoms with Crippen molar-refractivity contribution in [2.75, 3.05) is 0 Å². The predicted molar refractivity (Wildman–Crippen MR) is 89.8 cm³/mol. The fourth-order valence-electron chi connectivity index (χ4n) is 1.92. The quantitative estimate of drug-likeness (QED) is 0.467. The highest BCUT2D eigenvalue weighted by Gasteiger charge is 2.13. The minimum Gasteiger partial charge on any atom is -0.439 e. The first kappa shape index (κ1) is 16.1. The summed E-state index contributed by atoms with van der Waals surface area (Å²) in [5, 5.41) is 0. The van der Waals surface area contributed by atoms with Gasteiger partial charge in [-0.15, -0.1) is 0 Å². The average molecular weight is 388 g/mol. The van der Waals surface area contributed by atoms with Gasteiger partial charge in [0, 0.05) is 16.7 Å². The summed E-state index contributed by atoms with van der Waals surface area (Å²) in [6, 6.07) is 15.7. The summed E-state index contributed by atoms with van der Waals surface area (Å²) in [4.78, 5) is 16.2. The molecule has 4 nitrogen and oxygen atoms in total. The normalized spacial score (nSPS) is 10.2. The molecule has 2 aromatic carbocycles. The van der Waals surface area contributed by atoms with E-state index in [-0.39, 0.29) is 5.56 Å². The van der Waals surface area contributed by atoms with Crippen molar-refractivity contribution >= 4 is 21.9 Å². The van der Waals surface area contributed by atoms with E-state index in [1.165, 1.54) is 18.2 Å². The topological polar surface area (TPSA) is 48.4 Å².